The summed E-state index contributed by atoms with van der Waals surface area (Å²) in [6.45, 7) is 25.7. The maximum atomic E-state index is 13.8. The molecule has 0 aliphatic carbocycles. The van der Waals surface area contributed by atoms with Crippen molar-refractivity contribution in [3.05, 3.63) is 76.1 Å². The Morgan fingerprint density at radius 2 is 1.41 bits per heavy atom. The van der Waals surface area contributed by atoms with E-state index in [2.05, 4.69) is 114 Å². The van der Waals surface area contributed by atoms with Gasteiger partial charge in [-0.1, -0.05) is 59.5 Å². The minimum absolute atomic E-state index is 0.190. The summed E-state index contributed by atoms with van der Waals surface area (Å²) < 4.78 is 10.2. The highest BCUT2D eigenvalue weighted by Crippen LogP contribution is 2.38. The normalized spacial score (nSPS) is 22.4. The maximum absolute atomic E-state index is 13.8. The quantitative estimate of drug-likeness (QED) is 0.0617. The van der Waals surface area contributed by atoms with Gasteiger partial charge in [0.25, 0.3) is 0 Å². The Morgan fingerprint density at radius 3 is 2.03 bits per heavy atom. The number of nitrogens with zero attached hydrogens (tertiary/aromatic N) is 8. The lowest BCUT2D eigenvalue weighted by Gasteiger charge is -2.38. The van der Waals surface area contributed by atoms with Gasteiger partial charge in [0.2, 0.25) is 0 Å². The molecule has 2 unspecified atom stereocenters. The first kappa shape index (κ1) is 50.8. The molecule has 0 bridgehead atoms. The summed E-state index contributed by atoms with van der Waals surface area (Å²) in [5.41, 5.74) is 5.75. The molecule has 4 saturated heterocycles. The Morgan fingerprint density at radius 1 is 0.800 bits per heavy atom. The first-order chi connectivity index (χ1) is 33.7. The van der Waals surface area contributed by atoms with E-state index in [1.165, 1.54) is 85.5 Å². The number of carbonyl (C=O) groups excluding carboxylic acids is 2. The molecule has 4 aliphatic rings. The van der Waals surface area contributed by atoms with Crippen LogP contribution in [0.2, 0.25) is 25.7 Å². The summed E-state index contributed by atoms with van der Waals surface area (Å²) in [6, 6.07) is 14.7. The highest BCUT2D eigenvalue weighted by Gasteiger charge is 2.35. The minimum Gasteiger partial charge on any atom is -0.360 e. The number of hydrogen-bond acceptors (Lipinski definition) is 12. The fraction of sp³-hybridized carbons (Fsp3) is 0.593. The smallest absolute Gasteiger partial charge is 0.314 e. The molecule has 4 fully saturated rings. The average Bonchev–Trinajstić information content (AvgIpc) is 4.21. The SMILES string of the molecule is CC(CN1CCCC1)c1nc2cc([C@H]3CC[C@H](C)CN3)ccc2s1.CC(CN1CCCC1)c1nc2cc([C@H]3CC[C@H](C)CN3C(=O)C(=O)Nc3cncc4cnn(COCC[Si](C)(C)C)c34)ccc2s1. The van der Waals surface area contributed by atoms with E-state index in [4.69, 9.17) is 14.7 Å². The van der Waals surface area contributed by atoms with Gasteiger partial charge < -0.3 is 30.1 Å². The zero-order chi connectivity index (χ0) is 48.9. The van der Waals surface area contributed by atoms with Gasteiger partial charge in [-0.3, -0.25) is 14.6 Å². The van der Waals surface area contributed by atoms with Gasteiger partial charge in [0, 0.05) is 63.8 Å². The van der Waals surface area contributed by atoms with E-state index in [0.717, 1.165) is 70.6 Å². The van der Waals surface area contributed by atoms with E-state index in [1.54, 1.807) is 39.5 Å². The lowest BCUT2D eigenvalue weighted by molar-refractivity contribution is -0.146. The third-order valence-corrected chi connectivity index (χ3v) is 19.1. The van der Waals surface area contributed by atoms with Crippen molar-refractivity contribution >= 4 is 79.6 Å². The second kappa shape index (κ2) is 22.7. The number of benzene rings is 2. The van der Waals surface area contributed by atoms with Crippen LogP contribution in [-0.2, 0) is 21.1 Å². The fourth-order valence-electron chi connectivity index (χ4n) is 10.7. The lowest BCUT2D eigenvalue weighted by Crippen LogP contribution is -2.46. The second-order valence-corrected chi connectivity index (χ2v) is 30.0. The predicted octanol–water partition coefficient (Wildman–Crippen LogP) is 11.0. The largest absolute Gasteiger partial charge is 0.360 e. The molecule has 2 N–H and O–H groups in total. The van der Waals surface area contributed by atoms with Gasteiger partial charge in [-0.25, -0.2) is 14.6 Å². The zero-order valence-electron chi connectivity index (χ0n) is 42.7. The molecule has 2 aromatic carbocycles. The highest BCUT2D eigenvalue weighted by atomic mass is 32.1. The Labute approximate surface area is 424 Å². The van der Waals surface area contributed by atoms with Crippen LogP contribution in [0.15, 0.2) is 55.0 Å². The molecule has 0 radical (unpaired) electrons. The van der Waals surface area contributed by atoms with Crippen molar-refractivity contribution in [3.8, 4) is 0 Å². The predicted molar refractivity (Wildman–Crippen MR) is 290 cm³/mol. The number of ether oxygens (including phenoxy) is 1. The second-order valence-electron chi connectivity index (χ2n) is 22.2. The number of pyridine rings is 1. The molecule has 8 heterocycles. The van der Waals surface area contributed by atoms with E-state index >= 15 is 0 Å². The topological polar surface area (TPSA) is 134 Å². The third-order valence-electron chi connectivity index (χ3n) is 14.9. The number of fused-ring (bicyclic) bond motifs is 3. The minimum atomic E-state index is -1.22. The molecule has 4 aliphatic heterocycles. The number of carbonyl (C=O) groups is 2. The molecule has 10 rings (SSSR count). The molecular weight excluding hydrogens is 929 g/mol. The van der Waals surface area contributed by atoms with Gasteiger partial charge in [0.15, 0.2) is 0 Å². The van der Waals surface area contributed by atoms with Crippen LogP contribution in [0, 0.1) is 11.8 Å². The van der Waals surface area contributed by atoms with E-state index in [-0.39, 0.29) is 12.8 Å². The van der Waals surface area contributed by atoms with Crippen LogP contribution in [0.1, 0.15) is 124 Å². The van der Waals surface area contributed by atoms with Crippen LogP contribution in [-0.4, -0.2) is 118 Å². The third kappa shape index (κ3) is 12.5. The molecule has 376 valence electrons. The van der Waals surface area contributed by atoms with Crippen molar-refractivity contribution in [1.29, 1.82) is 0 Å². The van der Waals surface area contributed by atoms with Crippen molar-refractivity contribution in [3.63, 3.8) is 0 Å². The maximum Gasteiger partial charge on any atom is 0.314 e. The number of thiazole rings is 2. The summed E-state index contributed by atoms with van der Waals surface area (Å²) in [6.07, 6.45) is 14.6. The number of anilines is 1. The molecule has 2 amide bonds. The molecule has 16 heteroatoms. The van der Waals surface area contributed by atoms with Crippen LogP contribution < -0.4 is 10.6 Å². The summed E-state index contributed by atoms with van der Waals surface area (Å²) in [5.74, 6) is 0.815. The first-order valence-corrected chi connectivity index (χ1v) is 31.6. The van der Waals surface area contributed by atoms with Crippen LogP contribution in [0.3, 0.4) is 0 Å². The van der Waals surface area contributed by atoms with E-state index in [0.29, 0.717) is 48.2 Å². The molecule has 6 aromatic rings. The Bertz CT molecular complexity index is 2710. The van der Waals surface area contributed by atoms with Gasteiger partial charge in [-0.15, -0.1) is 22.7 Å². The van der Waals surface area contributed by atoms with Crippen molar-refractivity contribution < 1.29 is 14.3 Å². The van der Waals surface area contributed by atoms with Crippen LogP contribution in [0.25, 0.3) is 31.3 Å². The number of rotatable bonds is 14. The van der Waals surface area contributed by atoms with Crippen molar-refractivity contribution in [2.45, 2.75) is 135 Å². The molecule has 0 spiro atoms. The molecule has 0 saturated carbocycles. The van der Waals surface area contributed by atoms with Gasteiger partial charge in [-0.05, 0) is 137 Å². The van der Waals surface area contributed by atoms with Gasteiger partial charge in [-0.2, -0.15) is 5.10 Å². The van der Waals surface area contributed by atoms with Crippen LogP contribution >= 0.6 is 22.7 Å². The standard InChI is InChI=1S/C34H47N7O3SSi.C20H29N3S/c1-23-8-10-29(25-9-11-30-27(16-25)38-33(45-30)24(2)21-39-12-6-7-13-39)40(20-23)34(43)32(42)37-28-19-35-17-26-18-36-41(31(26)28)22-44-14-15-46(3,4)5;1-14-5-7-17(21-12-14)16-6-8-19-18(11-16)22-20(24-19)15(2)13-23-9-3-4-10-23/h9,11,16-19,23-24,29H,6-8,10,12-15,20-22H2,1-5H3,(H,37,42);6,8,11,14-15,17,21H,3-5,7,9-10,12-13H2,1-2H3/t23-,24?,29+;14-,15?,17+/m00/s1. The van der Waals surface area contributed by atoms with E-state index < -0.39 is 19.9 Å². The first-order valence-electron chi connectivity index (χ1n) is 26.2. The number of likely N-dealkylation sites (tertiary alicyclic amines) is 3. The summed E-state index contributed by atoms with van der Waals surface area (Å²) in [7, 11) is -1.22. The van der Waals surface area contributed by atoms with E-state index in [1.807, 2.05) is 11.3 Å². The zero-order valence-corrected chi connectivity index (χ0v) is 45.3. The molecule has 70 heavy (non-hydrogen) atoms. The Balaban J connectivity index is 0.000000212. The average molecular weight is 1010 g/mol. The number of nitrogens with one attached hydrogen (secondary N) is 2. The summed E-state index contributed by atoms with van der Waals surface area (Å²) >= 11 is 3.65. The van der Waals surface area contributed by atoms with Crippen molar-refractivity contribution in [2.75, 3.05) is 64.3 Å². The molecule has 13 nitrogen and oxygen atoms in total. The molecular formula is C54H76N10O3S2Si. The monoisotopic (exact) mass is 1000 g/mol. The van der Waals surface area contributed by atoms with Crippen molar-refractivity contribution in [1.82, 2.24) is 44.7 Å². The summed E-state index contributed by atoms with van der Waals surface area (Å²) in [4.78, 5) is 48.6. The van der Waals surface area contributed by atoms with Crippen molar-refractivity contribution in [2.24, 2.45) is 11.8 Å². The Hall–Kier alpha value is -4.16. The fourth-order valence-corrected chi connectivity index (χ4v) is 13.4. The Kier molecular flexibility index (Phi) is 16.5. The number of amides is 2. The highest BCUT2D eigenvalue weighted by molar-refractivity contribution is 7.19. The van der Waals surface area contributed by atoms with Crippen LogP contribution in [0.4, 0.5) is 5.69 Å². The molecule has 6 atom stereocenters. The molecule has 4 aromatic heterocycles. The van der Waals surface area contributed by atoms with Gasteiger partial charge >= 0.3 is 11.8 Å². The summed E-state index contributed by atoms with van der Waals surface area (Å²) in [5, 5.41) is 14.3. The number of aromatic nitrogens is 5. The lowest BCUT2D eigenvalue weighted by atomic mass is 9.89. The van der Waals surface area contributed by atoms with E-state index in [9.17, 15) is 9.59 Å². The number of piperidine rings is 2. The van der Waals surface area contributed by atoms with Crippen LogP contribution in [0.5, 0.6) is 0 Å². The number of hydrogen-bond donors (Lipinski definition) is 2. The van der Waals surface area contributed by atoms with Gasteiger partial charge in [0.1, 0.15) is 6.73 Å². The van der Waals surface area contributed by atoms with Gasteiger partial charge in [0.05, 0.1) is 60.1 Å².